The number of piperidine rings is 1. The molecule has 0 N–H and O–H groups in total. The van der Waals surface area contributed by atoms with Crippen LogP contribution in [0, 0.1) is 0 Å². The van der Waals surface area contributed by atoms with Crippen molar-refractivity contribution in [3.63, 3.8) is 0 Å². The Morgan fingerprint density at radius 2 is 1.87 bits per heavy atom. The fourth-order valence-electron chi connectivity index (χ4n) is 3.10. The van der Waals surface area contributed by atoms with E-state index in [2.05, 4.69) is 36.1 Å². The minimum atomic E-state index is -3.28. The summed E-state index contributed by atoms with van der Waals surface area (Å²) in [4.78, 5) is 19.8. The molecule has 4 rings (SSSR count). The first-order chi connectivity index (χ1) is 14.4. The molecule has 30 heavy (non-hydrogen) atoms. The number of hydrogen-bond acceptors (Lipinski definition) is 10. The summed E-state index contributed by atoms with van der Waals surface area (Å²) >= 11 is 1.17. The highest BCUT2D eigenvalue weighted by molar-refractivity contribution is 7.90. The van der Waals surface area contributed by atoms with Gasteiger partial charge in [-0.15, -0.1) is 0 Å². The predicted octanol–water partition coefficient (Wildman–Crippen LogP) is 2.40. The number of sulfone groups is 1. The quantitative estimate of drug-likeness (QED) is 0.563. The van der Waals surface area contributed by atoms with Gasteiger partial charge in [-0.3, -0.25) is 4.98 Å². The summed E-state index contributed by atoms with van der Waals surface area (Å²) in [7, 11) is -3.28. The molecule has 11 heteroatoms. The van der Waals surface area contributed by atoms with E-state index < -0.39 is 9.84 Å². The number of anilines is 1. The Morgan fingerprint density at radius 3 is 2.47 bits per heavy atom. The maximum Gasteiger partial charge on any atom is 0.293 e. The van der Waals surface area contributed by atoms with E-state index in [4.69, 9.17) is 4.74 Å². The highest BCUT2D eigenvalue weighted by Crippen LogP contribution is 2.26. The Bertz CT molecular complexity index is 1090. The first kappa shape index (κ1) is 20.6. The molecular weight excluding hydrogens is 424 g/mol. The summed E-state index contributed by atoms with van der Waals surface area (Å²) in [6.45, 7) is 3.72. The van der Waals surface area contributed by atoms with Crippen molar-refractivity contribution >= 4 is 27.3 Å². The van der Waals surface area contributed by atoms with Gasteiger partial charge in [0.25, 0.3) is 5.19 Å². The van der Waals surface area contributed by atoms with E-state index in [1.54, 1.807) is 6.07 Å². The van der Waals surface area contributed by atoms with Gasteiger partial charge in [0, 0.05) is 62.3 Å². The first-order valence-electron chi connectivity index (χ1n) is 9.65. The third kappa shape index (κ3) is 4.73. The summed E-state index contributed by atoms with van der Waals surface area (Å²) in [5, 5.41) is 0.487. The van der Waals surface area contributed by atoms with Gasteiger partial charge < -0.3 is 9.64 Å². The van der Waals surface area contributed by atoms with Crippen molar-refractivity contribution in [2.45, 2.75) is 37.2 Å². The van der Waals surface area contributed by atoms with E-state index in [9.17, 15) is 8.42 Å². The molecule has 0 radical (unpaired) electrons. The second-order valence-electron chi connectivity index (χ2n) is 7.08. The Hall–Kier alpha value is -2.66. The van der Waals surface area contributed by atoms with Crippen molar-refractivity contribution in [2.75, 3.05) is 24.2 Å². The van der Waals surface area contributed by atoms with Gasteiger partial charge >= 0.3 is 0 Å². The Balaban J connectivity index is 1.34. The van der Waals surface area contributed by atoms with Crippen molar-refractivity contribution in [2.24, 2.45) is 0 Å². The third-order valence-corrected chi connectivity index (χ3v) is 6.60. The molecule has 0 saturated carbocycles. The van der Waals surface area contributed by atoms with Crippen LogP contribution in [0.3, 0.4) is 0 Å². The topological polar surface area (TPSA) is 111 Å². The summed E-state index contributed by atoms with van der Waals surface area (Å²) in [5.41, 5.74) is 1.64. The highest BCUT2D eigenvalue weighted by Gasteiger charge is 2.23. The van der Waals surface area contributed by atoms with Gasteiger partial charge in [-0.25, -0.2) is 18.4 Å². The van der Waals surface area contributed by atoms with Gasteiger partial charge in [-0.05, 0) is 24.1 Å². The van der Waals surface area contributed by atoms with E-state index in [1.165, 1.54) is 23.8 Å². The number of nitrogens with zero attached hydrogens (tertiary/aromatic N) is 6. The van der Waals surface area contributed by atoms with Crippen LogP contribution in [0.25, 0.3) is 11.5 Å². The molecule has 9 nitrogen and oxygen atoms in total. The Morgan fingerprint density at radius 1 is 1.13 bits per heavy atom. The van der Waals surface area contributed by atoms with Gasteiger partial charge in [0.15, 0.2) is 15.7 Å². The molecule has 4 heterocycles. The zero-order valence-electron chi connectivity index (χ0n) is 16.7. The monoisotopic (exact) mass is 446 g/mol. The maximum absolute atomic E-state index is 11.5. The molecule has 0 spiro atoms. The summed E-state index contributed by atoms with van der Waals surface area (Å²) in [6.07, 6.45) is 8.89. The molecule has 0 amide bonds. The SMILES string of the molecule is CCc1cnc(N2CCC(Oc3nc(-c4ccc(S(C)(=O)=O)cn4)ns3)CC2)nc1. The summed E-state index contributed by atoms with van der Waals surface area (Å²) < 4.78 is 33.4. The van der Waals surface area contributed by atoms with Gasteiger partial charge in [-0.1, -0.05) is 6.92 Å². The normalized spacial score (nSPS) is 15.3. The van der Waals surface area contributed by atoms with Gasteiger partial charge in [0.2, 0.25) is 5.95 Å². The minimum absolute atomic E-state index is 0.0533. The second kappa shape index (κ2) is 8.60. The Labute approximate surface area is 179 Å². The summed E-state index contributed by atoms with van der Waals surface area (Å²) in [5.74, 6) is 1.18. The van der Waals surface area contributed by atoms with Crippen molar-refractivity contribution in [1.82, 2.24) is 24.3 Å². The number of rotatable bonds is 6. The van der Waals surface area contributed by atoms with E-state index >= 15 is 0 Å². The minimum Gasteiger partial charge on any atom is -0.466 e. The van der Waals surface area contributed by atoms with Crippen molar-refractivity contribution < 1.29 is 13.2 Å². The lowest BCUT2D eigenvalue weighted by Crippen LogP contribution is -2.39. The number of aryl methyl sites for hydroxylation is 1. The van der Waals surface area contributed by atoms with E-state index in [1.807, 2.05) is 12.4 Å². The predicted molar refractivity (Wildman–Crippen MR) is 114 cm³/mol. The van der Waals surface area contributed by atoms with Crippen LogP contribution in [-0.2, 0) is 16.3 Å². The van der Waals surface area contributed by atoms with Crippen LogP contribution < -0.4 is 9.64 Å². The number of ether oxygens (including phenoxy) is 1. The van der Waals surface area contributed by atoms with E-state index in [-0.39, 0.29) is 11.0 Å². The third-order valence-electron chi connectivity index (χ3n) is 4.89. The number of pyridine rings is 1. The molecule has 0 atom stereocenters. The standard InChI is InChI=1S/C19H22N6O3S2/c1-3-13-10-21-18(22-11-13)25-8-6-14(7-9-25)28-19-23-17(24-29-19)16-5-4-15(12-20-16)30(2,26)27/h4-5,10-12,14H,3,6-9H2,1-2H3. The number of hydrogen-bond donors (Lipinski definition) is 0. The fraction of sp³-hybridized carbons (Fsp3) is 0.421. The molecule has 1 fully saturated rings. The molecule has 1 aliphatic rings. The molecule has 1 saturated heterocycles. The molecule has 1 aliphatic heterocycles. The van der Waals surface area contributed by atoms with Crippen LogP contribution in [0.1, 0.15) is 25.3 Å². The lowest BCUT2D eigenvalue weighted by Gasteiger charge is -2.31. The average Bonchev–Trinajstić information content (AvgIpc) is 3.22. The van der Waals surface area contributed by atoms with Crippen LogP contribution in [0.5, 0.6) is 5.19 Å². The van der Waals surface area contributed by atoms with E-state index in [0.717, 1.165) is 50.1 Å². The lowest BCUT2D eigenvalue weighted by molar-refractivity contribution is 0.170. The largest absolute Gasteiger partial charge is 0.466 e. The van der Waals surface area contributed by atoms with Crippen molar-refractivity contribution in [1.29, 1.82) is 0 Å². The van der Waals surface area contributed by atoms with Crippen LogP contribution in [0.2, 0.25) is 0 Å². The van der Waals surface area contributed by atoms with Crippen LogP contribution in [-0.4, -0.2) is 58.2 Å². The molecule has 3 aromatic heterocycles. The van der Waals surface area contributed by atoms with E-state index in [0.29, 0.717) is 16.7 Å². The Kier molecular flexibility index (Phi) is 5.91. The molecule has 0 aliphatic carbocycles. The van der Waals surface area contributed by atoms with Gasteiger partial charge in [0.1, 0.15) is 11.8 Å². The van der Waals surface area contributed by atoms with Gasteiger partial charge in [-0.2, -0.15) is 9.36 Å². The molecule has 3 aromatic rings. The molecule has 0 unspecified atom stereocenters. The average molecular weight is 447 g/mol. The maximum atomic E-state index is 11.5. The smallest absolute Gasteiger partial charge is 0.293 e. The zero-order chi connectivity index (χ0) is 21.1. The molecule has 0 bridgehead atoms. The van der Waals surface area contributed by atoms with Crippen LogP contribution in [0.4, 0.5) is 5.95 Å². The zero-order valence-corrected chi connectivity index (χ0v) is 18.4. The van der Waals surface area contributed by atoms with Crippen LogP contribution >= 0.6 is 11.5 Å². The highest BCUT2D eigenvalue weighted by atomic mass is 32.2. The molecule has 158 valence electrons. The second-order valence-corrected chi connectivity index (χ2v) is 9.81. The first-order valence-corrected chi connectivity index (χ1v) is 12.3. The number of aromatic nitrogens is 5. The van der Waals surface area contributed by atoms with Crippen molar-refractivity contribution in [3.8, 4) is 16.7 Å². The fourth-order valence-corrected chi connectivity index (χ4v) is 4.27. The molecular formula is C19H22N6O3S2. The van der Waals surface area contributed by atoms with Gasteiger partial charge in [0.05, 0.1) is 4.90 Å². The molecule has 0 aromatic carbocycles. The van der Waals surface area contributed by atoms with Crippen LogP contribution in [0.15, 0.2) is 35.6 Å². The van der Waals surface area contributed by atoms with Crippen molar-refractivity contribution in [3.05, 3.63) is 36.3 Å². The summed E-state index contributed by atoms with van der Waals surface area (Å²) in [6, 6.07) is 3.11. The lowest BCUT2D eigenvalue weighted by atomic mass is 10.1.